The third kappa shape index (κ3) is 2.56. The molecule has 3 aromatic rings. The maximum absolute atomic E-state index is 12.6. The molecule has 0 radical (unpaired) electrons. The quantitative estimate of drug-likeness (QED) is 0.759. The third-order valence-corrected chi connectivity index (χ3v) is 4.35. The van der Waals surface area contributed by atoms with E-state index in [1.54, 1.807) is 11.0 Å². The van der Waals surface area contributed by atoms with Crippen LogP contribution in [0.25, 0.3) is 22.1 Å². The second kappa shape index (κ2) is 6.09. The fourth-order valence-corrected chi connectivity index (χ4v) is 3.07. The van der Waals surface area contributed by atoms with Crippen LogP contribution in [0, 0.1) is 0 Å². The average molecular weight is 326 g/mol. The second-order valence-electron chi connectivity index (χ2n) is 5.94. The lowest BCUT2D eigenvalue weighted by atomic mass is 10.2. The van der Waals surface area contributed by atoms with Crippen LogP contribution in [0.1, 0.15) is 6.42 Å². The molecule has 0 saturated carbocycles. The van der Waals surface area contributed by atoms with Gasteiger partial charge < -0.3 is 14.6 Å². The van der Waals surface area contributed by atoms with Crippen molar-refractivity contribution in [2.24, 2.45) is 0 Å². The van der Waals surface area contributed by atoms with Crippen molar-refractivity contribution in [2.45, 2.75) is 13.0 Å². The fraction of sp³-hybridized carbons (Fsp3) is 0.353. The van der Waals surface area contributed by atoms with Gasteiger partial charge in [-0.2, -0.15) is 0 Å². The molecular formula is C17H18N4O3. The van der Waals surface area contributed by atoms with Crippen LogP contribution in [-0.2, 0) is 11.3 Å². The van der Waals surface area contributed by atoms with E-state index < -0.39 is 0 Å². The Bertz CT molecular complexity index is 951. The van der Waals surface area contributed by atoms with Crippen LogP contribution in [0.2, 0.25) is 0 Å². The molecule has 1 aromatic carbocycles. The topological polar surface area (TPSA) is 80.4 Å². The van der Waals surface area contributed by atoms with Crippen molar-refractivity contribution in [3.8, 4) is 0 Å². The molecule has 1 fully saturated rings. The van der Waals surface area contributed by atoms with Gasteiger partial charge >= 0.3 is 0 Å². The number of nitrogens with one attached hydrogen (secondary N) is 1. The Labute approximate surface area is 137 Å². The molecule has 0 unspecified atom stereocenters. The number of rotatable bonds is 2. The van der Waals surface area contributed by atoms with Crippen LogP contribution in [0.4, 0.5) is 0 Å². The lowest BCUT2D eigenvalue weighted by Gasteiger charge is -2.20. The number of furan rings is 1. The Morgan fingerprint density at radius 3 is 3.04 bits per heavy atom. The van der Waals surface area contributed by atoms with E-state index >= 15 is 0 Å². The molecular weight excluding hydrogens is 308 g/mol. The molecule has 24 heavy (non-hydrogen) atoms. The van der Waals surface area contributed by atoms with Gasteiger partial charge in [0.15, 0.2) is 0 Å². The lowest BCUT2D eigenvalue weighted by Crippen LogP contribution is -2.38. The Morgan fingerprint density at radius 1 is 1.25 bits per heavy atom. The summed E-state index contributed by atoms with van der Waals surface area (Å²) in [7, 11) is 0. The first-order valence-electron chi connectivity index (χ1n) is 8.09. The first-order valence-corrected chi connectivity index (χ1v) is 8.09. The van der Waals surface area contributed by atoms with E-state index in [4.69, 9.17) is 4.42 Å². The summed E-state index contributed by atoms with van der Waals surface area (Å²) in [4.78, 5) is 31.2. The third-order valence-electron chi connectivity index (χ3n) is 4.35. The molecule has 124 valence electrons. The van der Waals surface area contributed by atoms with Crippen molar-refractivity contribution in [2.75, 3.05) is 26.2 Å². The highest BCUT2D eigenvalue weighted by Crippen LogP contribution is 2.23. The van der Waals surface area contributed by atoms with Crippen LogP contribution in [0.15, 0.2) is 39.8 Å². The largest absolute Gasteiger partial charge is 0.448 e. The Morgan fingerprint density at radius 2 is 2.12 bits per heavy atom. The smallest absolute Gasteiger partial charge is 0.297 e. The van der Waals surface area contributed by atoms with Crippen LogP contribution in [-0.4, -0.2) is 46.5 Å². The highest BCUT2D eigenvalue weighted by atomic mass is 16.3. The SMILES string of the molecule is O=C(Cn1cnc2c(oc3ccccc32)c1=O)N1CCCNCC1. The number of hydrogen-bond acceptors (Lipinski definition) is 5. The van der Waals surface area contributed by atoms with Gasteiger partial charge in [0.2, 0.25) is 11.5 Å². The van der Waals surface area contributed by atoms with E-state index in [1.807, 2.05) is 18.2 Å². The zero-order chi connectivity index (χ0) is 16.5. The monoisotopic (exact) mass is 326 g/mol. The number of carbonyl (C=O) groups excluding carboxylic acids is 1. The van der Waals surface area contributed by atoms with Crippen molar-refractivity contribution in [1.29, 1.82) is 0 Å². The zero-order valence-corrected chi connectivity index (χ0v) is 13.2. The van der Waals surface area contributed by atoms with Crippen molar-refractivity contribution in [3.05, 3.63) is 40.9 Å². The predicted octanol–water partition coefficient (Wildman–Crippen LogP) is 0.965. The van der Waals surface area contributed by atoms with Gasteiger partial charge in [0.1, 0.15) is 17.6 Å². The number of hydrogen-bond donors (Lipinski definition) is 1. The molecule has 1 aliphatic heterocycles. The number of amides is 1. The van der Waals surface area contributed by atoms with E-state index in [0.717, 1.165) is 24.9 Å². The number of nitrogens with zero attached hydrogens (tertiary/aromatic N) is 3. The van der Waals surface area contributed by atoms with Gasteiger partial charge in [-0.05, 0) is 25.1 Å². The number of aromatic nitrogens is 2. The zero-order valence-electron chi connectivity index (χ0n) is 13.2. The normalized spacial score (nSPS) is 15.8. The fourth-order valence-electron chi connectivity index (χ4n) is 3.07. The summed E-state index contributed by atoms with van der Waals surface area (Å²) in [5, 5.41) is 4.06. The number of benzene rings is 1. The Balaban J connectivity index is 1.67. The molecule has 4 rings (SSSR count). The number of carbonyl (C=O) groups is 1. The van der Waals surface area contributed by atoms with Gasteiger partial charge in [-0.15, -0.1) is 0 Å². The van der Waals surface area contributed by atoms with Crippen LogP contribution in [0.5, 0.6) is 0 Å². The second-order valence-corrected chi connectivity index (χ2v) is 5.94. The van der Waals surface area contributed by atoms with Crippen molar-refractivity contribution >= 4 is 28.0 Å². The highest BCUT2D eigenvalue weighted by molar-refractivity contribution is 6.01. The molecule has 7 heteroatoms. The van der Waals surface area contributed by atoms with Gasteiger partial charge in [-0.25, -0.2) is 4.98 Å². The van der Waals surface area contributed by atoms with Gasteiger partial charge in [-0.3, -0.25) is 14.2 Å². The standard InChI is InChI=1S/C17H18N4O3/c22-14(20-8-3-6-18-7-9-20)10-21-11-19-15-12-4-1-2-5-13(12)24-16(15)17(21)23/h1-2,4-5,11,18H,3,6-10H2. The van der Waals surface area contributed by atoms with E-state index in [1.165, 1.54) is 10.9 Å². The Kier molecular flexibility index (Phi) is 3.78. The first kappa shape index (κ1) is 14.9. The maximum Gasteiger partial charge on any atom is 0.297 e. The molecule has 3 heterocycles. The van der Waals surface area contributed by atoms with E-state index in [-0.39, 0.29) is 23.6 Å². The van der Waals surface area contributed by atoms with Crippen LogP contribution < -0.4 is 10.9 Å². The van der Waals surface area contributed by atoms with Crippen molar-refractivity contribution < 1.29 is 9.21 Å². The van der Waals surface area contributed by atoms with E-state index in [0.29, 0.717) is 24.2 Å². The molecule has 0 atom stereocenters. The van der Waals surface area contributed by atoms with E-state index in [9.17, 15) is 9.59 Å². The number of fused-ring (bicyclic) bond motifs is 3. The predicted molar refractivity (Wildman–Crippen MR) is 89.8 cm³/mol. The summed E-state index contributed by atoms with van der Waals surface area (Å²) in [6, 6.07) is 7.39. The lowest BCUT2D eigenvalue weighted by molar-refractivity contribution is -0.131. The minimum absolute atomic E-state index is 0.0151. The molecule has 1 N–H and O–H groups in total. The van der Waals surface area contributed by atoms with Gasteiger partial charge in [0, 0.05) is 25.0 Å². The van der Waals surface area contributed by atoms with Gasteiger partial charge in [0.05, 0.1) is 6.33 Å². The van der Waals surface area contributed by atoms with Gasteiger partial charge in [0.25, 0.3) is 5.56 Å². The average Bonchev–Trinajstić information content (AvgIpc) is 2.78. The summed E-state index contributed by atoms with van der Waals surface area (Å²) in [6.45, 7) is 3.05. The first-order chi connectivity index (χ1) is 11.7. The minimum Gasteiger partial charge on any atom is -0.448 e. The summed E-state index contributed by atoms with van der Waals surface area (Å²) in [5.41, 5.74) is 1.04. The molecule has 7 nitrogen and oxygen atoms in total. The maximum atomic E-state index is 12.6. The summed E-state index contributed by atoms with van der Waals surface area (Å²) >= 11 is 0. The molecule has 0 bridgehead atoms. The summed E-state index contributed by atoms with van der Waals surface area (Å²) in [6.07, 6.45) is 2.35. The molecule has 1 amide bonds. The molecule has 0 spiro atoms. The summed E-state index contributed by atoms with van der Waals surface area (Å²) in [5.74, 6) is -0.0712. The van der Waals surface area contributed by atoms with Crippen molar-refractivity contribution in [1.82, 2.24) is 19.8 Å². The van der Waals surface area contributed by atoms with Crippen LogP contribution in [0.3, 0.4) is 0 Å². The minimum atomic E-state index is -0.322. The molecule has 1 saturated heterocycles. The molecule has 1 aliphatic rings. The number of para-hydroxylation sites is 1. The van der Waals surface area contributed by atoms with Gasteiger partial charge in [-0.1, -0.05) is 12.1 Å². The van der Waals surface area contributed by atoms with E-state index in [2.05, 4.69) is 10.3 Å². The molecule has 2 aromatic heterocycles. The van der Waals surface area contributed by atoms with Crippen LogP contribution >= 0.6 is 0 Å². The Hall–Kier alpha value is -2.67. The molecule has 0 aliphatic carbocycles. The highest BCUT2D eigenvalue weighted by Gasteiger charge is 2.18. The van der Waals surface area contributed by atoms with Crippen molar-refractivity contribution in [3.63, 3.8) is 0 Å². The summed E-state index contributed by atoms with van der Waals surface area (Å²) < 4.78 is 6.96.